The van der Waals surface area contributed by atoms with Crippen molar-refractivity contribution < 1.29 is 4.79 Å². The van der Waals surface area contributed by atoms with E-state index in [-0.39, 0.29) is 17.9 Å². The van der Waals surface area contributed by atoms with Crippen molar-refractivity contribution in [3.63, 3.8) is 0 Å². The summed E-state index contributed by atoms with van der Waals surface area (Å²) in [6.07, 6.45) is 2.10. The van der Waals surface area contributed by atoms with Crippen LogP contribution in [-0.4, -0.2) is 5.91 Å². The molecule has 2 nitrogen and oxygen atoms in total. The van der Waals surface area contributed by atoms with Gasteiger partial charge in [-0.3, -0.25) is 4.79 Å². The van der Waals surface area contributed by atoms with Crippen LogP contribution in [0.1, 0.15) is 29.3 Å². The summed E-state index contributed by atoms with van der Waals surface area (Å²) >= 11 is 3.36. The summed E-state index contributed by atoms with van der Waals surface area (Å²) in [4.78, 5) is 13.1. The average molecular weight is 263 g/mol. The van der Waals surface area contributed by atoms with Crippen LogP contribution in [0.2, 0.25) is 0 Å². The first-order valence-corrected chi connectivity index (χ1v) is 7.53. The molecular weight excluding hydrogens is 250 g/mol. The second-order valence-electron chi connectivity index (χ2n) is 4.29. The van der Waals surface area contributed by atoms with Gasteiger partial charge in [0.25, 0.3) is 0 Å². The minimum atomic E-state index is 0.0364. The highest BCUT2D eigenvalue weighted by Gasteiger charge is 2.31. The lowest BCUT2D eigenvalue weighted by atomic mass is 10.1. The Balaban J connectivity index is 1.83. The van der Waals surface area contributed by atoms with E-state index in [1.165, 1.54) is 10.4 Å². The first kappa shape index (κ1) is 11.0. The molecule has 2 aromatic rings. The first-order chi connectivity index (χ1) is 8.34. The Hall–Kier alpha value is -1.13. The summed E-state index contributed by atoms with van der Waals surface area (Å²) in [5, 5.41) is 9.38. The summed E-state index contributed by atoms with van der Waals surface area (Å²) in [5.74, 6) is 0.464. The average Bonchev–Trinajstić information content (AvgIpc) is 2.84. The molecule has 0 bridgehead atoms. The van der Waals surface area contributed by atoms with Gasteiger partial charge in [0.05, 0.1) is 6.04 Å². The molecule has 1 saturated carbocycles. The van der Waals surface area contributed by atoms with E-state index in [0.717, 1.165) is 12.8 Å². The Bertz CT molecular complexity index is 451. The number of amides is 1. The maximum absolute atomic E-state index is 11.9. The zero-order valence-electron chi connectivity index (χ0n) is 9.26. The van der Waals surface area contributed by atoms with Gasteiger partial charge in [-0.05, 0) is 46.7 Å². The largest absolute Gasteiger partial charge is 0.344 e. The van der Waals surface area contributed by atoms with Crippen molar-refractivity contribution in [1.82, 2.24) is 5.32 Å². The van der Waals surface area contributed by atoms with Crippen LogP contribution in [0.5, 0.6) is 0 Å². The van der Waals surface area contributed by atoms with Crippen LogP contribution < -0.4 is 5.32 Å². The van der Waals surface area contributed by atoms with E-state index in [4.69, 9.17) is 0 Å². The molecule has 1 aliphatic rings. The van der Waals surface area contributed by atoms with Crippen molar-refractivity contribution in [2.45, 2.75) is 18.9 Å². The molecule has 2 aromatic heterocycles. The number of hydrogen-bond acceptors (Lipinski definition) is 3. The van der Waals surface area contributed by atoms with Crippen molar-refractivity contribution in [2.75, 3.05) is 0 Å². The molecule has 17 heavy (non-hydrogen) atoms. The molecule has 0 spiro atoms. The Morgan fingerprint density at radius 3 is 2.82 bits per heavy atom. The second kappa shape index (κ2) is 4.63. The van der Waals surface area contributed by atoms with Crippen LogP contribution in [0.4, 0.5) is 0 Å². The Morgan fingerprint density at radius 1 is 1.35 bits per heavy atom. The molecule has 0 saturated heterocycles. The number of hydrogen-bond donors (Lipinski definition) is 1. The standard InChI is InChI=1S/C13H13NOS2/c15-13(9-3-4-9)14-12(10-5-7-16-8-10)11-2-1-6-17-11/h1-2,5-9,12H,3-4H2,(H,14,15)/t12-/m1/s1. The summed E-state index contributed by atoms with van der Waals surface area (Å²) in [6, 6.07) is 6.24. The molecule has 1 fully saturated rings. The van der Waals surface area contributed by atoms with E-state index < -0.39 is 0 Å². The van der Waals surface area contributed by atoms with Gasteiger partial charge in [0.15, 0.2) is 0 Å². The van der Waals surface area contributed by atoms with Gasteiger partial charge in [0, 0.05) is 10.8 Å². The molecular formula is C13H13NOS2. The highest BCUT2D eigenvalue weighted by atomic mass is 32.1. The summed E-state index contributed by atoms with van der Waals surface area (Å²) in [6.45, 7) is 0. The molecule has 88 valence electrons. The summed E-state index contributed by atoms with van der Waals surface area (Å²) in [5.41, 5.74) is 1.19. The minimum Gasteiger partial charge on any atom is -0.344 e. The lowest BCUT2D eigenvalue weighted by Gasteiger charge is -2.16. The molecule has 0 unspecified atom stereocenters. The smallest absolute Gasteiger partial charge is 0.223 e. The van der Waals surface area contributed by atoms with E-state index in [0.29, 0.717) is 0 Å². The van der Waals surface area contributed by atoms with E-state index >= 15 is 0 Å². The van der Waals surface area contributed by atoms with Crippen LogP contribution in [0.25, 0.3) is 0 Å². The monoisotopic (exact) mass is 263 g/mol. The van der Waals surface area contributed by atoms with Crippen molar-refractivity contribution in [1.29, 1.82) is 0 Å². The first-order valence-electron chi connectivity index (χ1n) is 5.70. The fraction of sp³-hybridized carbons (Fsp3) is 0.308. The summed E-state index contributed by atoms with van der Waals surface area (Å²) in [7, 11) is 0. The minimum absolute atomic E-state index is 0.0364. The normalized spacial score (nSPS) is 16.7. The third-order valence-electron chi connectivity index (χ3n) is 2.94. The molecule has 0 aromatic carbocycles. The van der Waals surface area contributed by atoms with Crippen LogP contribution in [0.3, 0.4) is 0 Å². The quantitative estimate of drug-likeness (QED) is 0.899. The van der Waals surface area contributed by atoms with E-state index in [1.54, 1.807) is 22.7 Å². The van der Waals surface area contributed by atoms with Gasteiger partial charge in [-0.15, -0.1) is 11.3 Å². The summed E-state index contributed by atoms with van der Waals surface area (Å²) < 4.78 is 0. The Labute approximate surface area is 108 Å². The number of rotatable bonds is 4. The third-order valence-corrected chi connectivity index (χ3v) is 4.58. The van der Waals surface area contributed by atoms with Crippen molar-refractivity contribution in [3.8, 4) is 0 Å². The number of nitrogens with one attached hydrogen (secondary N) is 1. The van der Waals surface area contributed by atoms with Gasteiger partial charge < -0.3 is 5.32 Å². The fourth-order valence-electron chi connectivity index (χ4n) is 1.82. The topological polar surface area (TPSA) is 29.1 Å². The maximum Gasteiger partial charge on any atom is 0.223 e. The van der Waals surface area contributed by atoms with Gasteiger partial charge in [0.2, 0.25) is 5.91 Å². The molecule has 1 amide bonds. The van der Waals surface area contributed by atoms with Crippen LogP contribution >= 0.6 is 22.7 Å². The third kappa shape index (κ3) is 2.42. The molecule has 4 heteroatoms. The van der Waals surface area contributed by atoms with E-state index in [9.17, 15) is 4.79 Å². The lowest BCUT2D eigenvalue weighted by molar-refractivity contribution is -0.122. The van der Waals surface area contributed by atoms with Gasteiger partial charge >= 0.3 is 0 Å². The van der Waals surface area contributed by atoms with Crippen LogP contribution in [-0.2, 0) is 4.79 Å². The van der Waals surface area contributed by atoms with Crippen molar-refractivity contribution in [2.24, 2.45) is 5.92 Å². The van der Waals surface area contributed by atoms with Gasteiger partial charge in [-0.25, -0.2) is 0 Å². The molecule has 0 radical (unpaired) electrons. The highest BCUT2D eigenvalue weighted by Crippen LogP contribution is 2.32. The molecule has 1 N–H and O–H groups in total. The Kier molecular flexibility index (Phi) is 2.99. The second-order valence-corrected chi connectivity index (χ2v) is 6.05. The van der Waals surface area contributed by atoms with E-state index in [2.05, 4.69) is 33.6 Å². The van der Waals surface area contributed by atoms with Crippen LogP contribution in [0, 0.1) is 5.92 Å². The van der Waals surface area contributed by atoms with Crippen molar-refractivity contribution in [3.05, 3.63) is 44.8 Å². The van der Waals surface area contributed by atoms with Gasteiger partial charge in [-0.2, -0.15) is 11.3 Å². The number of thiophene rings is 2. The fourth-order valence-corrected chi connectivity index (χ4v) is 3.31. The maximum atomic E-state index is 11.9. The van der Waals surface area contributed by atoms with Crippen molar-refractivity contribution >= 4 is 28.6 Å². The molecule has 1 atom stereocenters. The zero-order valence-corrected chi connectivity index (χ0v) is 10.9. The number of carbonyl (C=O) groups is 1. The number of carbonyl (C=O) groups excluding carboxylic acids is 1. The molecule has 0 aliphatic heterocycles. The molecule has 1 aliphatic carbocycles. The van der Waals surface area contributed by atoms with E-state index in [1.807, 2.05) is 6.07 Å². The van der Waals surface area contributed by atoms with Gasteiger partial charge in [-0.1, -0.05) is 6.07 Å². The highest BCUT2D eigenvalue weighted by molar-refractivity contribution is 7.10. The lowest BCUT2D eigenvalue weighted by Crippen LogP contribution is -2.29. The van der Waals surface area contributed by atoms with Gasteiger partial charge in [0.1, 0.15) is 0 Å². The SMILES string of the molecule is O=C(N[C@H](c1ccsc1)c1cccs1)C1CC1. The molecule has 3 rings (SSSR count). The molecule has 2 heterocycles. The zero-order chi connectivity index (χ0) is 11.7. The predicted octanol–water partition coefficient (Wildman–Crippen LogP) is 3.43. The Morgan fingerprint density at radius 2 is 2.24 bits per heavy atom. The predicted molar refractivity (Wildman–Crippen MR) is 71.3 cm³/mol. The van der Waals surface area contributed by atoms with Crippen LogP contribution in [0.15, 0.2) is 34.3 Å².